The molecule has 3 rings (SSSR count). The van der Waals surface area contributed by atoms with Crippen molar-refractivity contribution >= 4 is 22.9 Å². The van der Waals surface area contributed by atoms with Gasteiger partial charge in [-0.1, -0.05) is 6.07 Å². The summed E-state index contributed by atoms with van der Waals surface area (Å²) in [4.78, 5) is 19.0. The highest BCUT2D eigenvalue weighted by molar-refractivity contribution is 6.20. The largest absolute Gasteiger partial charge is 0.433 e. The van der Waals surface area contributed by atoms with Crippen molar-refractivity contribution in [3.63, 3.8) is 0 Å². The van der Waals surface area contributed by atoms with Gasteiger partial charge in [0.25, 0.3) is 5.91 Å². The Morgan fingerprint density at radius 3 is 2.58 bits per heavy atom. The van der Waals surface area contributed by atoms with Crippen molar-refractivity contribution in [1.82, 2.24) is 9.97 Å². The maximum Gasteiger partial charge on any atom is 0.433 e. The number of nitrogens with one attached hydrogen (secondary N) is 2. The van der Waals surface area contributed by atoms with Gasteiger partial charge >= 0.3 is 6.18 Å². The Bertz CT molecular complexity index is 896. The first-order chi connectivity index (χ1) is 12.3. The predicted molar refractivity (Wildman–Crippen MR) is 87.6 cm³/mol. The number of fused-ring (bicyclic) bond motifs is 1. The number of carbonyl (C=O) groups excluding carboxylic acids is 1. The van der Waals surface area contributed by atoms with Gasteiger partial charge in [-0.2, -0.15) is 13.2 Å². The van der Waals surface area contributed by atoms with E-state index in [2.05, 4.69) is 20.6 Å². The first-order valence-corrected chi connectivity index (χ1v) is 7.52. The minimum Gasteiger partial charge on any atom is -0.396 e. The Kier molecular flexibility index (Phi) is 4.51. The Morgan fingerprint density at radius 1 is 1.19 bits per heavy atom. The molecule has 0 saturated carbocycles. The minimum atomic E-state index is -4.68. The number of alkyl halides is 3. The topological polar surface area (TPSA) is 113 Å². The Hall–Kier alpha value is -3.14. The SMILES string of the molecule is NC(=O)/C(=C1\Nc2ccc(CCO)cc2N1)c1nccc(C(F)(F)F)n1. The van der Waals surface area contributed by atoms with E-state index in [4.69, 9.17) is 10.8 Å². The summed E-state index contributed by atoms with van der Waals surface area (Å²) in [5, 5.41) is 14.8. The molecule has 0 fully saturated rings. The molecule has 26 heavy (non-hydrogen) atoms. The van der Waals surface area contributed by atoms with E-state index in [1.165, 1.54) is 0 Å². The monoisotopic (exact) mass is 365 g/mol. The molecule has 0 unspecified atom stereocenters. The number of aliphatic hydroxyl groups is 1. The number of hydrogen-bond acceptors (Lipinski definition) is 6. The average Bonchev–Trinajstić information content (AvgIpc) is 2.97. The van der Waals surface area contributed by atoms with Crippen molar-refractivity contribution in [3.05, 3.63) is 53.4 Å². The molecular weight excluding hydrogens is 351 g/mol. The third-order valence-corrected chi connectivity index (χ3v) is 3.67. The van der Waals surface area contributed by atoms with E-state index < -0.39 is 23.6 Å². The fourth-order valence-corrected chi connectivity index (χ4v) is 2.50. The molecule has 2 aromatic rings. The number of nitrogens with two attached hydrogens (primary N) is 1. The molecule has 0 spiro atoms. The van der Waals surface area contributed by atoms with Crippen molar-refractivity contribution in [2.75, 3.05) is 17.2 Å². The van der Waals surface area contributed by atoms with Gasteiger partial charge in [-0.25, -0.2) is 9.97 Å². The zero-order valence-corrected chi connectivity index (χ0v) is 13.3. The van der Waals surface area contributed by atoms with Crippen molar-refractivity contribution in [3.8, 4) is 0 Å². The van der Waals surface area contributed by atoms with E-state index in [-0.39, 0.29) is 18.0 Å². The number of aromatic nitrogens is 2. The molecular formula is C16H14F3N5O2. The van der Waals surface area contributed by atoms with Crippen LogP contribution in [0.1, 0.15) is 17.1 Å². The van der Waals surface area contributed by atoms with E-state index in [0.29, 0.717) is 23.9 Å². The number of rotatable bonds is 4. The number of carbonyl (C=O) groups is 1. The fraction of sp³-hybridized carbons (Fsp3) is 0.188. The van der Waals surface area contributed by atoms with Gasteiger partial charge in [-0.3, -0.25) is 4.79 Å². The molecule has 0 radical (unpaired) electrons. The second-order valence-corrected chi connectivity index (χ2v) is 5.48. The molecule has 10 heteroatoms. The normalized spacial score (nSPS) is 15.1. The van der Waals surface area contributed by atoms with Crippen LogP contribution in [0.2, 0.25) is 0 Å². The zero-order chi connectivity index (χ0) is 18.9. The quantitative estimate of drug-likeness (QED) is 0.614. The smallest absolute Gasteiger partial charge is 0.396 e. The van der Waals surface area contributed by atoms with E-state index in [0.717, 1.165) is 11.8 Å². The number of anilines is 2. The van der Waals surface area contributed by atoms with Crippen LogP contribution in [0.15, 0.2) is 36.3 Å². The van der Waals surface area contributed by atoms with Gasteiger partial charge < -0.3 is 21.5 Å². The lowest BCUT2D eigenvalue weighted by molar-refractivity contribution is -0.141. The number of amides is 1. The number of benzene rings is 1. The highest BCUT2D eigenvalue weighted by Gasteiger charge is 2.34. The van der Waals surface area contributed by atoms with Gasteiger partial charge in [0.2, 0.25) is 0 Å². The van der Waals surface area contributed by atoms with Crippen molar-refractivity contribution in [2.24, 2.45) is 5.73 Å². The lowest BCUT2D eigenvalue weighted by atomic mass is 10.1. The minimum absolute atomic E-state index is 0.0283. The summed E-state index contributed by atoms with van der Waals surface area (Å²) in [5.74, 6) is -1.33. The number of primary amides is 1. The van der Waals surface area contributed by atoms with Crippen LogP contribution in [0.5, 0.6) is 0 Å². The van der Waals surface area contributed by atoms with E-state index in [1.807, 2.05) is 0 Å². The summed E-state index contributed by atoms with van der Waals surface area (Å²) in [6.07, 6.45) is -3.33. The second kappa shape index (κ2) is 6.64. The predicted octanol–water partition coefficient (Wildman–Crippen LogP) is 1.72. The molecule has 7 nitrogen and oxygen atoms in total. The number of halogens is 3. The molecule has 1 aliphatic rings. The Morgan fingerprint density at radius 2 is 1.92 bits per heavy atom. The Labute approximate surface area is 145 Å². The summed E-state index contributed by atoms with van der Waals surface area (Å²) in [7, 11) is 0. The van der Waals surface area contributed by atoms with Crippen LogP contribution in [-0.2, 0) is 17.4 Å². The van der Waals surface area contributed by atoms with Gasteiger partial charge in [0.05, 0.1) is 11.4 Å². The van der Waals surface area contributed by atoms with Crippen molar-refractivity contribution < 1.29 is 23.1 Å². The zero-order valence-electron chi connectivity index (χ0n) is 13.3. The highest BCUT2D eigenvalue weighted by atomic mass is 19.4. The summed E-state index contributed by atoms with van der Waals surface area (Å²) < 4.78 is 38.6. The van der Waals surface area contributed by atoms with Crippen LogP contribution in [0.4, 0.5) is 24.5 Å². The first kappa shape index (κ1) is 17.7. The average molecular weight is 365 g/mol. The van der Waals surface area contributed by atoms with E-state index in [9.17, 15) is 18.0 Å². The molecule has 1 aromatic heterocycles. The summed E-state index contributed by atoms with van der Waals surface area (Å²) in [5.41, 5.74) is 5.92. The molecule has 1 aliphatic heterocycles. The van der Waals surface area contributed by atoms with Crippen molar-refractivity contribution in [1.29, 1.82) is 0 Å². The van der Waals surface area contributed by atoms with Gasteiger partial charge in [-0.15, -0.1) is 0 Å². The van der Waals surface area contributed by atoms with Crippen LogP contribution < -0.4 is 16.4 Å². The summed E-state index contributed by atoms with van der Waals surface area (Å²) >= 11 is 0. The molecule has 0 aliphatic carbocycles. The fourth-order valence-electron chi connectivity index (χ4n) is 2.50. The maximum atomic E-state index is 12.9. The van der Waals surface area contributed by atoms with Crippen molar-refractivity contribution in [2.45, 2.75) is 12.6 Å². The molecule has 0 saturated heterocycles. The maximum absolute atomic E-state index is 12.9. The van der Waals surface area contributed by atoms with Crippen LogP contribution in [0, 0.1) is 0 Å². The lowest BCUT2D eigenvalue weighted by Crippen LogP contribution is -2.21. The van der Waals surface area contributed by atoms with Gasteiger partial charge in [0.15, 0.2) is 5.82 Å². The van der Waals surface area contributed by atoms with Crippen LogP contribution in [0.3, 0.4) is 0 Å². The summed E-state index contributed by atoms with van der Waals surface area (Å²) in [6, 6.07) is 5.94. The third-order valence-electron chi connectivity index (χ3n) is 3.67. The van der Waals surface area contributed by atoms with Crippen LogP contribution in [-0.4, -0.2) is 27.6 Å². The summed E-state index contributed by atoms with van der Waals surface area (Å²) in [6.45, 7) is -0.0283. The molecule has 1 aromatic carbocycles. The Balaban J connectivity index is 2.02. The highest BCUT2D eigenvalue weighted by Crippen LogP contribution is 2.34. The second-order valence-electron chi connectivity index (χ2n) is 5.48. The molecule has 2 heterocycles. The molecule has 136 valence electrons. The van der Waals surface area contributed by atoms with Gasteiger partial charge in [-0.05, 0) is 30.2 Å². The third kappa shape index (κ3) is 3.45. The van der Waals surface area contributed by atoms with E-state index in [1.54, 1.807) is 18.2 Å². The molecule has 1 amide bonds. The molecule has 0 bridgehead atoms. The number of nitrogens with zero attached hydrogens (tertiary/aromatic N) is 2. The first-order valence-electron chi connectivity index (χ1n) is 7.52. The van der Waals surface area contributed by atoms with Gasteiger partial charge in [0.1, 0.15) is 17.1 Å². The standard InChI is InChI=1S/C16H14F3N5O2/c17-16(18,19)11-3-5-21-14(24-11)12(13(20)26)15-22-9-2-1-8(4-6-25)7-10(9)23-15/h1-3,5,7,22-23,25H,4,6H2,(H2,20,26)/b15-12-. The van der Waals surface area contributed by atoms with Crippen LogP contribution >= 0.6 is 0 Å². The van der Waals surface area contributed by atoms with Gasteiger partial charge in [0, 0.05) is 12.8 Å². The number of aliphatic hydroxyl groups excluding tert-OH is 1. The number of hydrogen-bond donors (Lipinski definition) is 4. The lowest BCUT2D eigenvalue weighted by Gasteiger charge is -2.10. The van der Waals surface area contributed by atoms with E-state index >= 15 is 0 Å². The molecule has 0 atom stereocenters. The molecule has 5 N–H and O–H groups in total. The van der Waals surface area contributed by atoms with Crippen LogP contribution in [0.25, 0.3) is 5.57 Å².